The highest BCUT2D eigenvalue weighted by Crippen LogP contribution is 2.33. The second-order valence-electron chi connectivity index (χ2n) is 7.97. The minimum absolute atomic E-state index is 0.0794. The Morgan fingerprint density at radius 3 is 2.69 bits per heavy atom. The number of nitrogens with one attached hydrogen (secondary N) is 1. The van der Waals surface area contributed by atoms with Crippen molar-refractivity contribution >= 4 is 16.9 Å². The molecule has 5 heteroatoms. The molecule has 29 heavy (non-hydrogen) atoms. The lowest BCUT2D eigenvalue weighted by atomic mass is 9.89. The maximum Gasteiger partial charge on any atom is 0.239 e. The highest BCUT2D eigenvalue weighted by molar-refractivity contribution is 5.82. The van der Waals surface area contributed by atoms with Crippen LogP contribution in [0, 0.1) is 0 Å². The molecule has 0 aliphatic carbocycles. The second-order valence-corrected chi connectivity index (χ2v) is 7.97. The maximum absolute atomic E-state index is 13.1. The van der Waals surface area contributed by atoms with Gasteiger partial charge in [0.25, 0.3) is 0 Å². The van der Waals surface area contributed by atoms with Crippen molar-refractivity contribution in [2.75, 3.05) is 19.6 Å². The van der Waals surface area contributed by atoms with E-state index < -0.39 is 0 Å². The number of pyridine rings is 1. The van der Waals surface area contributed by atoms with Crippen molar-refractivity contribution in [3.8, 4) is 0 Å². The first-order valence-electron chi connectivity index (χ1n) is 10.7. The molecule has 0 saturated carbocycles. The number of hydrogen-bond acceptors (Lipinski definition) is 3. The van der Waals surface area contributed by atoms with Gasteiger partial charge < -0.3 is 9.88 Å². The summed E-state index contributed by atoms with van der Waals surface area (Å²) in [5.74, 6) is 0.754. The minimum atomic E-state index is -0.0794. The largest absolute Gasteiger partial charge is 0.346 e. The molecule has 4 rings (SSSR count). The van der Waals surface area contributed by atoms with E-state index in [4.69, 9.17) is 0 Å². The molecule has 1 aliphatic rings. The van der Waals surface area contributed by atoms with Gasteiger partial charge in [-0.3, -0.25) is 9.69 Å². The molecule has 152 valence electrons. The fourth-order valence-electron chi connectivity index (χ4n) is 4.48. The fourth-order valence-corrected chi connectivity index (χ4v) is 4.48. The Hall–Kier alpha value is -2.66. The number of likely N-dealkylation sites (tertiary alicyclic amines) is 1. The van der Waals surface area contributed by atoms with Crippen LogP contribution in [0.3, 0.4) is 0 Å². The van der Waals surface area contributed by atoms with Crippen LogP contribution in [0.4, 0.5) is 0 Å². The fraction of sp³-hybridized carbons (Fsp3) is 0.417. The molecule has 1 saturated heterocycles. The van der Waals surface area contributed by atoms with Gasteiger partial charge >= 0.3 is 0 Å². The zero-order valence-electron chi connectivity index (χ0n) is 17.3. The van der Waals surface area contributed by atoms with Crippen molar-refractivity contribution in [3.63, 3.8) is 0 Å². The van der Waals surface area contributed by atoms with E-state index in [0.29, 0.717) is 12.5 Å². The van der Waals surface area contributed by atoms with E-state index in [1.165, 1.54) is 16.5 Å². The zero-order chi connectivity index (χ0) is 20.2. The van der Waals surface area contributed by atoms with Crippen LogP contribution in [0.25, 0.3) is 11.0 Å². The summed E-state index contributed by atoms with van der Waals surface area (Å²) in [6, 6.07) is 14.3. The normalized spacial score (nSPS) is 16.8. The van der Waals surface area contributed by atoms with Gasteiger partial charge in [-0.1, -0.05) is 30.3 Å². The summed E-state index contributed by atoms with van der Waals surface area (Å²) in [5, 5.41) is 1.23. The molecule has 2 aromatic heterocycles. The SMILES string of the molecule is CCN(Cc1ccccc1)C(=O)C(C)N1CCC(c2c[nH]c3ncccc23)CC1. The second kappa shape index (κ2) is 8.78. The van der Waals surface area contributed by atoms with E-state index in [-0.39, 0.29) is 11.9 Å². The van der Waals surface area contributed by atoms with Crippen molar-refractivity contribution in [2.24, 2.45) is 0 Å². The third-order valence-electron chi connectivity index (χ3n) is 6.27. The molecule has 1 fully saturated rings. The molecule has 1 atom stereocenters. The van der Waals surface area contributed by atoms with E-state index in [1.807, 2.05) is 35.4 Å². The number of aromatic amines is 1. The number of carbonyl (C=O) groups excluding carboxylic acids is 1. The summed E-state index contributed by atoms with van der Waals surface area (Å²) >= 11 is 0. The molecular weight excluding hydrogens is 360 g/mol. The Balaban J connectivity index is 1.37. The molecule has 1 amide bonds. The molecule has 0 spiro atoms. The third kappa shape index (κ3) is 4.20. The smallest absolute Gasteiger partial charge is 0.239 e. The lowest BCUT2D eigenvalue weighted by Crippen LogP contribution is -2.49. The molecule has 1 N–H and O–H groups in total. The topological polar surface area (TPSA) is 52.2 Å². The Morgan fingerprint density at radius 1 is 1.21 bits per heavy atom. The van der Waals surface area contributed by atoms with Crippen LogP contribution in [0.5, 0.6) is 0 Å². The summed E-state index contributed by atoms with van der Waals surface area (Å²) < 4.78 is 0. The molecular formula is C24H30N4O. The Kier molecular flexibility index (Phi) is 5.95. The van der Waals surface area contributed by atoms with Crippen molar-refractivity contribution in [1.82, 2.24) is 19.8 Å². The van der Waals surface area contributed by atoms with E-state index in [2.05, 4.69) is 53.1 Å². The van der Waals surface area contributed by atoms with Gasteiger partial charge in [0, 0.05) is 30.9 Å². The third-order valence-corrected chi connectivity index (χ3v) is 6.27. The molecule has 1 aliphatic heterocycles. The average Bonchev–Trinajstić information content (AvgIpc) is 3.21. The number of likely N-dealkylation sites (N-methyl/N-ethyl adjacent to an activating group) is 1. The van der Waals surface area contributed by atoms with Crippen LogP contribution in [0.1, 0.15) is 43.7 Å². The number of hydrogen-bond donors (Lipinski definition) is 1. The molecule has 1 aromatic carbocycles. The number of benzene rings is 1. The number of carbonyl (C=O) groups is 1. The van der Waals surface area contributed by atoms with Crippen LogP contribution < -0.4 is 0 Å². The highest BCUT2D eigenvalue weighted by atomic mass is 16.2. The van der Waals surface area contributed by atoms with Gasteiger partial charge in [0.05, 0.1) is 6.04 Å². The lowest BCUT2D eigenvalue weighted by Gasteiger charge is -2.37. The molecule has 5 nitrogen and oxygen atoms in total. The zero-order valence-corrected chi connectivity index (χ0v) is 17.3. The first kappa shape index (κ1) is 19.6. The number of H-pyrrole nitrogens is 1. The average molecular weight is 391 g/mol. The predicted molar refractivity (Wildman–Crippen MR) is 117 cm³/mol. The van der Waals surface area contributed by atoms with Crippen molar-refractivity contribution < 1.29 is 4.79 Å². The number of fused-ring (bicyclic) bond motifs is 1. The number of rotatable bonds is 6. The molecule has 3 aromatic rings. The highest BCUT2D eigenvalue weighted by Gasteiger charge is 2.30. The monoisotopic (exact) mass is 390 g/mol. The summed E-state index contributed by atoms with van der Waals surface area (Å²) in [5.41, 5.74) is 3.51. The Labute approximate surface area is 172 Å². The number of amides is 1. The van der Waals surface area contributed by atoms with E-state index in [0.717, 1.165) is 38.1 Å². The minimum Gasteiger partial charge on any atom is -0.346 e. The first-order valence-corrected chi connectivity index (χ1v) is 10.7. The molecule has 0 radical (unpaired) electrons. The number of aromatic nitrogens is 2. The summed E-state index contributed by atoms with van der Waals surface area (Å²) in [7, 11) is 0. The van der Waals surface area contributed by atoms with Crippen LogP contribution in [0.2, 0.25) is 0 Å². The molecule has 0 bridgehead atoms. The van der Waals surface area contributed by atoms with Crippen LogP contribution in [-0.2, 0) is 11.3 Å². The van der Waals surface area contributed by atoms with Crippen LogP contribution in [-0.4, -0.2) is 51.4 Å². The van der Waals surface area contributed by atoms with Gasteiger partial charge in [-0.15, -0.1) is 0 Å². The van der Waals surface area contributed by atoms with E-state index >= 15 is 0 Å². The number of piperidine rings is 1. The molecule has 1 unspecified atom stereocenters. The van der Waals surface area contributed by atoms with Crippen molar-refractivity contribution in [3.05, 3.63) is 66.0 Å². The van der Waals surface area contributed by atoms with Gasteiger partial charge in [0.15, 0.2) is 0 Å². The van der Waals surface area contributed by atoms with Gasteiger partial charge in [0.1, 0.15) is 5.65 Å². The number of nitrogens with zero attached hydrogens (tertiary/aromatic N) is 3. The van der Waals surface area contributed by atoms with Gasteiger partial charge in [-0.25, -0.2) is 4.98 Å². The maximum atomic E-state index is 13.1. The standard InChI is InChI=1S/C24H30N4O/c1-3-27(17-19-8-5-4-6-9-19)24(29)18(2)28-14-11-20(12-15-28)22-16-26-23-21(22)10-7-13-25-23/h4-10,13,16,18,20H,3,11-12,14-15,17H2,1-2H3,(H,25,26). The quantitative estimate of drug-likeness (QED) is 0.687. The summed E-state index contributed by atoms with van der Waals surface area (Å²) in [6.07, 6.45) is 6.09. The van der Waals surface area contributed by atoms with Crippen molar-refractivity contribution in [2.45, 2.75) is 45.2 Å². The van der Waals surface area contributed by atoms with E-state index in [1.54, 1.807) is 0 Å². The molecule has 3 heterocycles. The predicted octanol–water partition coefficient (Wildman–Crippen LogP) is 4.18. The summed E-state index contributed by atoms with van der Waals surface area (Å²) in [4.78, 5) is 25.2. The first-order chi connectivity index (χ1) is 14.2. The van der Waals surface area contributed by atoms with Crippen LogP contribution in [0.15, 0.2) is 54.9 Å². The van der Waals surface area contributed by atoms with Gasteiger partial charge in [-0.05, 0) is 69.0 Å². The van der Waals surface area contributed by atoms with Crippen LogP contribution >= 0.6 is 0 Å². The summed E-state index contributed by atoms with van der Waals surface area (Å²) in [6.45, 7) is 7.44. The van der Waals surface area contributed by atoms with E-state index in [9.17, 15) is 4.79 Å². The Bertz CT molecular complexity index is 944. The van der Waals surface area contributed by atoms with Gasteiger partial charge in [0.2, 0.25) is 5.91 Å². The Morgan fingerprint density at radius 2 is 1.97 bits per heavy atom. The van der Waals surface area contributed by atoms with Gasteiger partial charge in [-0.2, -0.15) is 0 Å². The van der Waals surface area contributed by atoms with Crippen molar-refractivity contribution in [1.29, 1.82) is 0 Å². The lowest BCUT2D eigenvalue weighted by molar-refractivity contribution is -0.137.